The van der Waals surface area contributed by atoms with Crippen LogP contribution in [0.5, 0.6) is 0 Å². The standard InChI is InChI=1S/C45H46O10SSi/c1-5-56(49,50)44-40(55-43(48)34-25-15-8-16-26-34)39(54-42(47)33-23-13-7-14-24-33)38(53-41(46)32-21-11-6-12-22-32)37(52-44)31-51-57(45(2,3)4,35-27-17-9-18-28-35)36-29-19-10-20-30-36/h6-30,37-40,44H,5,31H2,1-4H3/t37-,38-,39+,40-,44+/m1/s1. The average Bonchev–Trinajstić information content (AvgIpc) is 3.23. The van der Waals surface area contributed by atoms with Crippen LogP contribution in [0.1, 0.15) is 58.8 Å². The Morgan fingerprint density at radius 1 is 0.561 bits per heavy atom. The molecule has 0 bridgehead atoms. The largest absolute Gasteiger partial charge is 0.452 e. The third-order valence-electron chi connectivity index (χ3n) is 9.99. The number of esters is 3. The smallest absolute Gasteiger partial charge is 0.338 e. The summed E-state index contributed by atoms with van der Waals surface area (Å²) in [5, 5.41) is 1.39. The molecule has 0 amide bonds. The Balaban J connectivity index is 1.51. The van der Waals surface area contributed by atoms with Gasteiger partial charge in [0.05, 0.1) is 29.1 Å². The molecule has 0 aliphatic carbocycles. The zero-order valence-corrected chi connectivity index (χ0v) is 34.0. The Labute approximate surface area is 334 Å². The van der Waals surface area contributed by atoms with Crippen LogP contribution >= 0.6 is 0 Å². The van der Waals surface area contributed by atoms with Crippen LogP contribution in [0, 0.1) is 0 Å². The maximum atomic E-state index is 14.1. The molecule has 10 nitrogen and oxygen atoms in total. The van der Waals surface area contributed by atoms with Gasteiger partial charge in [-0.3, -0.25) is 0 Å². The minimum absolute atomic E-state index is 0.119. The number of carbonyl (C=O) groups is 3. The van der Waals surface area contributed by atoms with Crippen LogP contribution in [0.15, 0.2) is 152 Å². The topological polar surface area (TPSA) is 132 Å². The lowest BCUT2D eigenvalue weighted by molar-refractivity contribution is -0.207. The van der Waals surface area contributed by atoms with Gasteiger partial charge < -0.3 is 23.4 Å². The van der Waals surface area contributed by atoms with Gasteiger partial charge in [0.15, 0.2) is 33.6 Å². The van der Waals surface area contributed by atoms with Crippen molar-refractivity contribution in [3.63, 3.8) is 0 Å². The average molecular weight is 807 g/mol. The second-order valence-electron chi connectivity index (χ2n) is 14.7. The lowest BCUT2D eigenvalue weighted by Crippen LogP contribution is -2.69. The molecule has 0 radical (unpaired) electrons. The minimum atomic E-state index is -4.23. The molecule has 0 spiro atoms. The zero-order chi connectivity index (χ0) is 40.6. The molecule has 12 heteroatoms. The fraction of sp³-hybridized carbons (Fsp3) is 0.267. The summed E-state index contributed by atoms with van der Waals surface area (Å²) in [6.45, 7) is 7.40. The summed E-state index contributed by atoms with van der Waals surface area (Å²) in [6.07, 6.45) is -6.31. The number of hydrogen-bond acceptors (Lipinski definition) is 10. The molecule has 6 rings (SSSR count). The summed E-state index contributed by atoms with van der Waals surface area (Å²) >= 11 is 0. The van der Waals surface area contributed by atoms with Gasteiger partial charge in [-0.1, -0.05) is 143 Å². The fourth-order valence-corrected chi connectivity index (χ4v) is 13.0. The van der Waals surface area contributed by atoms with Crippen LogP contribution in [-0.4, -0.2) is 76.9 Å². The predicted molar refractivity (Wildman–Crippen MR) is 219 cm³/mol. The van der Waals surface area contributed by atoms with E-state index < -0.39 is 76.7 Å². The highest BCUT2D eigenvalue weighted by molar-refractivity contribution is 7.91. The van der Waals surface area contributed by atoms with Crippen molar-refractivity contribution < 1.29 is 46.2 Å². The maximum Gasteiger partial charge on any atom is 0.338 e. The van der Waals surface area contributed by atoms with E-state index in [2.05, 4.69) is 20.8 Å². The van der Waals surface area contributed by atoms with Crippen LogP contribution in [0.4, 0.5) is 0 Å². The van der Waals surface area contributed by atoms with E-state index >= 15 is 0 Å². The molecule has 0 aromatic heterocycles. The Morgan fingerprint density at radius 2 is 0.912 bits per heavy atom. The molecule has 57 heavy (non-hydrogen) atoms. The van der Waals surface area contributed by atoms with Gasteiger partial charge in [0, 0.05) is 0 Å². The van der Waals surface area contributed by atoms with E-state index in [1.807, 2.05) is 60.7 Å². The Bertz CT molecular complexity index is 2180. The van der Waals surface area contributed by atoms with E-state index in [1.165, 1.54) is 31.2 Å². The molecule has 1 aliphatic heterocycles. The third-order valence-corrected chi connectivity index (χ3v) is 16.9. The van der Waals surface area contributed by atoms with E-state index in [0.29, 0.717) is 0 Å². The van der Waals surface area contributed by atoms with E-state index in [0.717, 1.165) is 10.4 Å². The molecule has 1 aliphatic rings. The molecular formula is C45H46O10SSi. The Morgan fingerprint density at radius 3 is 1.28 bits per heavy atom. The highest BCUT2D eigenvalue weighted by Crippen LogP contribution is 2.39. The Hall–Kier alpha value is -5.40. The monoisotopic (exact) mass is 806 g/mol. The number of carbonyl (C=O) groups excluding carboxylic acids is 3. The SMILES string of the molecule is CCS(=O)(=O)[C@@H]1O[C@H](CO[Si](c2ccccc2)(c2ccccc2)C(C)(C)C)[C@@H](OC(=O)c2ccccc2)[C@H](OC(=O)c2ccccc2)[C@H]1OC(=O)c1ccccc1. The summed E-state index contributed by atoms with van der Waals surface area (Å²) in [7, 11) is -7.53. The number of sulfone groups is 1. The molecule has 1 fully saturated rings. The van der Waals surface area contributed by atoms with Crippen molar-refractivity contribution in [1.82, 2.24) is 0 Å². The van der Waals surface area contributed by atoms with Gasteiger partial charge in [-0.05, 0) is 51.8 Å². The summed E-state index contributed by atoms with van der Waals surface area (Å²) in [5.41, 5.74) is -1.41. The van der Waals surface area contributed by atoms with Crippen molar-refractivity contribution in [2.24, 2.45) is 0 Å². The van der Waals surface area contributed by atoms with Crippen molar-refractivity contribution >= 4 is 46.4 Å². The third kappa shape index (κ3) is 9.10. The summed E-state index contributed by atoms with van der Waals surface area (Å²) in [4.78, 5) is 41.7. The van der Waals surface area contributed by atoms with Crippen LogP contribution in [0.25, 0.3) is 0 Å². The molecule has 0 unspecified atom stereocenters. The van der Waals surface area contributed by atoms with Gasteiger partial charge >= 0.3 is 17.9 Å². The number of benzene rings is 5. The van der Waals surface area contributed by atoms with Crippen molar-refractivity contribution in [2.45, 2.75) is 62.6 Å². The van der Waals surface area contributed by atoms with Gasteiger partial charge in [-0.25, -0.2) is 22.8 Å². The molecule has 5 atom stereocenters. The zero-order valence-electron chi connectivity index (χ0n) is 32.2. The summed E-state index contributed by atoms with van der Waals surface area (Å²) < 4.78 is 60.3. The van der Waals surface area contributed by atoms with Crippen molar-refractivity contribution in [3.8, 4) is 0 Å². The summed E-state index contributed by atoms with van der Waals surface area (Å²) in [5.74, 6) is -2.96. The van der Waals surface area contributed by atoms with Crippen LogP contribution in [0.2, 0.25) is 5.04 Å². The van der Waals surface area contributed by atoms with Crippen molar-refractivity contribution in [1.29, 1.82) is 0 Å². The minimum Gasteiger partial charge on any atom is -0.452 e. The highest BCUT2D eigenvalue weighted by Gasteiger charge is 2.58. The van der Waals surface area contributed by atoms with Gasteiger partial charge in [-0.2, -0.15) is 0 Å². The van der Waals surface area contributed by atoms with Crippen LogP contribution in [0.3, 0.4) is 0 Å². The van der Waals surface area contributed by atoms with Gasteiger partial charge in [-0.15, -0.1) is 0 Å². The second-order valence-corrected chi connectivity index (χ2v) is 21.3. The predicted octanol–water partition coefficient (Wildman–Crippen LogP) is 6.40. The quantitative estimate of drug-likeness (QED) is 0.0749. The number of hydrogen-bond donors (Lipinski definition) is 0. The number of ether oxygens (including phenoxy) is 4. The molecule has 1 saturated heterocycles. The van der Waals surface area contributed by atoms with Gasteiger partial charge in [0.1, 0.15) is 6.10 Å². The molecule has 296 valence electrons. The highest BCUT2D eigenvalue weighted by atomic mass is 32.2. The van der Waals surface area contributed by atoms with Crippen molar-refractivity contribution in [2.75, 3.05) is 12.4 Å². The van der Waals surface area contributed by atoms with Crippen LogP contribution in [-0.2, 0) is 33.2 Å². The molecule has 0 N–H and O–H groups in total. The first-order chi connectivity index (χ1) is 27.4. The molecule has 0 saturated carbocycles. The first-order valence-corrected chi connectivity index (χ1v) is 22.4. The first kappa shape index (κ1) is 41.2. The van der Waals surface area contributed by atoms with E-state index in [9.17, 15) is 22.8 Å². The fourth-order valence-electron chi connectivity index (χ4n) is 7.13. The van der Waals surface area contributed by atoms with Gasteiger partial charge in [0.2, 0.25) is 0 Å². The normalized spacial score (nSPS) is 19.9. The van der Waals surface area contributed by atoms with E-state index in [-0.39, 0.29) is 23.3 Å². The van der Waals surface area contributed by atoms with E-state index in [4.69, 9.17) is 23.4 Å². The van der Waals surface area contributed by atoms with Crippen molar-refractivity contribution in [3.05, 3.63) is 168 Å². The summed E-state index contributed by atoms with van der Waals surface area (Å²) in [6, 6.07) is 43.9. The Kier molecular flexibility index (Phi) is 12.9. The maximum absolute atomic E-state index is 14.1. The lowest BCUT2D eigenvalue weighted by Gasteiger charge is -2.47. The number of rotatable bonds is 13. The molecule has 5 aromatic carbocycles. The van der Waals surface area contributed by atoms with E-state index in [1.54, 1.807) is 66.7 Å². The molecule has 5 aromatic rings. The lowest BCUT2D eigenvalue weighted by atomic mass is 9.98. The van der Waals surface area contributed by atoms with Crippen LogP contribution < -0.4 is 10.4 Å². The molecular weight excluding hydrogens is 761 g/mol. The molecule has 1 heterocycles. The first-order valence-electron chi connectivity index (χ1n) is 18.8. The van der Waals surface area contributed by atoms with Gasteiger partial charge in [0.25, 0.3) is 8.32 Å². The second kappa shape index (κ2) is 17.8.